The maximum Gasteiger partial charge on any atom is 0.133 e. The van der Waals surface area contributed by atoms with E-state index in [4.69, 9.17) is 22.1 Å². The van der Waals surface area contributed by atoms with Crippen LogP contribution in [0.25, 0.3) is 0 Å². The van der Waals surface area contributed by atoms with Crippen LogP contribution < -0.4 is 5.73 Å². The average molecular weight is 244 g/mol. The zero-order valence-corrected chi connectivity index (χ0v) is 11.6. The van der Waals surface area contributed by atoms with Crippen molar-refractivity contribution in [2.24, 2.45) is 11.1 Å². The second-order valence-electron chi connectivity index (χ2n) is 4.45. The molecule has 3 heteroatoms. The van der Waals surface area contributed by atoms with Gasteiger partial charge in [-0.05, 0) is 43.2 Å². The highest BCUT2D eigenvalue weighted by Gasteiger charge is 2.16. The van der Waals surface area contributed by atoms with E-state index in [0.717, 1.165) is 5.57 Å². The highest BCUT2D eigenvalue weighted by Crippen LogP contribution is 2.29. The molecule has 0 spiro atoms. The zero-order chi connectivity index (χ0) is 12.8. The van der Waals surface area contributed by atoms with Crippen molar-refractivity contribution < 1.29 is 4.74 Å². The maximum absolute atomic E-state index is 6.18. The molecule has 0 aromatic carbocycles. The lowest BCUT2D eigenvalue weighted by molar-refractivity contribution is 0.240. The van der Waals surface area contributed by atoms with Crippen molar-refractivity contribution in [1.82, 2.24) is 0 Å². The third-order valence-corrected chi connectivity index (χ3v) is 2.42. The second-order valence-corrected chi connectivity index (χ2v) is 4.86. The summed E-state index contributed by atoms with van der Waals surface area (Å²) >= 11 is 6.18. The minimum Gasteiger partial charge on any atom is -0.493 e. The van der Waals surface area contributed by atoms with Gasteiger partial charge in [0.05, 0.1) is 11.6 Å². The Bertz CT molecular complexity index is 308. The Balaban J connectivity index is 5.02. The standard InChI is InChI=1S/C13H22ClNO/c1-6-12(16-7-2)11(14)8-10(9-15)13(3,4)5/h6,8-9H,7,15H2,1-5H3/b10-9+,11-8+,12-6+. The zero-order valence-electron chi connectivity index (χ0n) is 10.8. The molecule has 0 bridgehead atoms. The molecule has 2 N–H and O–H groups in total. The number of rotatable bonds is 4. The number of allylic oxidation sites excluding steroid dienone is 4. The minimum atomic E-state index is -0.0278. The number of hydrogen-bond donors (Lipinski definition) is 1. The molecule has 0 aliphatic rings. The van der Waals surface area contributed by atoms with E-state index >= 15 is 0 Å². The van der Waals surface area contributed by atoms with Crippen LogP contribution in [0.4, 0.5) is 0 Å². The smallest absolute Gasteiger partial charge is 0.133 e. The third kappa shape index (κ3) is 4.75. The number of halogens is 1. The van der Waals surface area contributed by atoms with Gasteiger partial charge in [-0.1, -0.05) is 32.4 Å². The van der Waals surface area contributed by atoms with Gasteiger partial charge in [-0.2, -0.15) is 0 Å². The van der Waals surface area contributed by atoms with Gasteiger partial charge in [0.1, 0.15) is 5.76 Å². The van der Waals surface area contributed by atoms with Crippen LogP contribution in [0.3, 0.4) is 0 Å². The first-order valence-corrected chi connectivity index (χ1v) is 5.83. The van der Waals surface area contributed by atoms with Crippen LogP contribution in [-0.4, -0.2) is 6.61 Å². The van der Waals surface area contributed by atoms with Crippen LogP contribution in [0.15, 0.2) is 34.7 Å². The van der Waals surface area contributed by atoms with Crippen molar-refractivity contribution in [2.45, 2.75) is 34.6 Å². The normalized spacial score (nSPS) is 15.2. The maximum atomic E-state index is 6.18. The Morgan fingerprint density at radius 2 is 1.94 bits per heavy atom. The van der Waals surface area contributed by atoms with E-state index in [1.54, 1.807) is 6.20 Å². The summed E-state index contributed by atoms with van der Waals surface area (Å²) in [6.45, 7) is 10.7. The predicted octanol–water partition coefficient (Wildman–Crippen LogP) is 3.94. The first kappa shape index (κ1) is 15.1. The largest absolute Gasteiger partial charge is 0.493 e. The van der Waals surface area contributed by atoms with Gasteiger partial charge in [0, 0.05) is 0 Å². The summed E-state index contributed by atoms with van der Waals surface area (Å²) in [6.07, 6.45) is 5.29. The van der Waals surface area contributed by atoms with Gasteiger partial charge in [0.2, 0.25) is 0 Å². The van der Waals surface area contributed by atoms with Crippen molar-refractivity contribution >= 4 is 11.6 Å². The Hall–Kier alpha value is -0.890. The van der Waals surface area contributed by atoms with E-state index < -0.39 is 0 Å². The van der Waals surface area contributed by atoms with Crippen LogP contribution in [0.1, 0.15) is 34.6 Å². The van der Waals surface area contributed by atoms with Crippen molar-refractivity contribution in [3.05, 3.63) is 34.7 Å². The van der Waals surface area contributed by atoms with Gasteiger partial charge in [-0.25, -0.2) is 0 Å². The summed E-state index contributed by atoms with van der Waals surface area (Å²) in [7, 11) is 0. The number of nitrogens with two attached hydrogens (primary N) is 1. The van der Waals surface area contributed by atoms with Gasteiger partial charge in [-0.15, -0.1) is 0 Å². The summed E-state index contributed by atoms with van der Waals surface area (Å²) in [5, 5.41) is 0.580. The monoisotopic (exact) mass is 243 g/mol. The van der Waals surface area contributed by atoms with E-state index in [1.807, 2.05) is 26.0 Å². The molecule has 0 unspecified atom stereocenters. The average Bonchev–Trinajstić information content (AvgIpc) is 2.20. The van der Waals surface area contributed by atoms with E-state index in [9.17, 15) is 0 Å². The molecular weight excluding hydrogens is 222 g/mol. The molecule has 0 atom stereocenters. The molecule has 92 valence electrons. The summed E-state index contributed by atoms with van der Waals surface area (Å²) in [6, 6.07) is 0. The number of ether oxygens (including phenoxy) is 1. The first-order chi connectivity index (χ1) is 7.36. The van der Waals surface area contributed by atoms with E-state index in [1.165, 1.54) is 0 Å². The Kier molecular flexibility index (Phi) is 6.27. The van der Waals surface area contributed by atoms with Gasteiger partial charge in [-0.3, -0.25) is 0 Å². The minimum absolute atomic E-state index is 0.0278. The predicted molar refractivity (Wildman–Crippen MR) is 71.0 cm³/mol. The van der Waals surface area contributed by atoms with Gasteiger partial charge in [0.15, 0.2) is 0 Å². The van der Waals surface area contributed by atoms with Crippen LogP contribution in [-0.2, 0) is 4.74 Å². The fourth-order valence-electron chi connectivity index (χ4n) is 1.17. The number of hydrogen-bond acceptors (Lipinski definition) is 2. The molecule has 0 rings (SSSR count). The lowest BCUT2D eigenvalue weighted by atomic mass is 9.87. The first-order valence-electron chi connectivity index (χ1n) is 5.45. The molecule has 2 nitrogen and oxygen atoms in total. The molecule has 0 radical (unpaired) electrons. The Morgan fingerprint density at radius 1 is 1.38 bits per heavy atom. The van der Waals surface area contributed by atoms with Crippen LogP contribution in [0.5, 0.6) is 0 Å². The molecule has 0 fully saturated rings. The molecule has 0 amide bonds. The summed E-state index contributed by atoms with van der Waals surface area (Å²) in [5.41, 5.74) is 6.55. The molecule has 0 aromatic rings. The fraction of sp³-hybridized carbons (Fsp3) is 0.538. The third-order valence-electron chi connectivity index (χ3n) is 2.13. The summed E-state index contributed by atoms with van der Waals surface area (Å²) < 4.78 is 5.40. The summed E-state index contributed by atoms with van der Waals surface area (Å²) in [5.74, 6) is 0.688. The Labute approximate surface area is 104 Å². The fourth-order valence-corrected chi connectivity index (χ4v) is 1.45. The Morgan fingerprint density at radius 3 is 2.25 bits per heavy atom. The highest BCUT2D eigenvalue weighted by molar-refractivity contribution is 6.31. The molecule has 0 aliphatic heterocycles. The van der Waals surface area contributed by atoms with Crippen LogP contribution >= 0.6 is 11.6 Å². The lowest BCUT2D eigenvalue weighted by Gasteiger charge is -2.20. The second kappa shape index (κ2) is 6.64. The van der Waals surface area contributed by atoms with Crippen molar-refractivity contribution in [3.8, 4) is 0 Å². The van der Waals surface area contributed by atoms with Crippen LogP contribution in [0.2, 0.25) is 0 Å². The van der Waals surface area contributed by atoms with Gasteiger partial charge < -0.3 is 10.5 Å². The van der Waals surface area contributed by atoms with Crippen molar-refractivity contribution in [3.63, 3.8) is 0 Å². The molecule has 0 saturated heterocycles. The van der Waals surface area contributed by atoms with E-state index in [-0.39, 0.29) is 5.41 Å². The topological polar surface area (TPSA) is 35.2 Å². The SMILES string of the molecule is C\C=C(OCC)/C(Cl)=C\C(=C/N)C(C)(C)C. The van der Waals surface area contributed by atoms with Crippen LogP contribution in [0, 0.1) is 5.41 Å². The molecule has 16 heavy (non-hydrogen) atoms. The van der Waals surface area contributed by atoms with Gasteiger partial charge in [0.25, 0.3) is 0 Å². The molecule has 0 aliphatic carbocycles. The summed E-state index contributed by atoms with van der Waals surface area (Å²) in [4.78, 5) is 0. The van der Waals surface area contributed by atoms with Crippen molar-refractivity contribution in [2.75, 3.05) is 6.61 Å². The molecule has 0 aromatic heterocycles. The lowest BCUT2D eigenvalue weighted by Crippen LogP contribution is -2.10. The quantitative estimate of drug-likeness (QED) is 0.600. The van der Waals surface area contributed by atoms with Crippen molar-refractivity contribution in [1.29, 1.82) is 0 Å². The molecule has 0 saturated carbocycles. The molecular formula is C13H22ClNO. The van der Waals surface area contributed by atoms with E-state index in [0.29, 0.717) is 17.4 Å². The van der Waals surface area contributed by atoms with E-state index in [2.05, 4.69) is 20.8 Å². The van der Waals surface area contributed by atoms with Gasteiger partial charge >= 0.3 is 0 Å². The molecule has 0 heterocycles. The highest BCUT2D eigenvalue weighted by atomic mass is 35.5.